The Bertz CT molecular complexity index is 1070. The van der Waals surface area contributed by atoms with Crippen molar-refractivity contribution in [1.82, 2.24) is 0 Å². The van der Waals surface area contributed by atoms with E-state index in [-0.39, 0.29) is 5.56 Å². The number of fused-ring (bicyclic) bond motifs is 2. The Balaban J connectivity index is 1.67. The lowest BCUT2D eigenvalue weighted by atomic mass is 10.1. The van der Waals surface area contributed by atoms with Crippen molar-refractivity contribution in [3.05, 3.63) is 58.4 Å². The summed E-state index contributed by atoms with van der Waals surface area (Å²) < 4.78 is 21.6. The third-order valence-corrected chi connectivity index (χ3v) is 4.07. The maximum absolute atomic E-state index is 12.8. The molecule has 1 aliphatic rings. The van der Waals surface area contributed by atoms with Gasteiger partial charge in [0.15, 0.2) is 11.5 Å². The van der Waals surface area contributed by atoms with E-state index < -0.39 is 11.5 Å². The number of amides is 1. The van der Waals surface area contributed by atoms with Crippen LogP contribution in [0.3, 0.4) is 0 Å². The molecule has 2 aromatic carbocycles. The Morgan fingerprint density at radius 3 is 2.70 bits per heavy atom. The quantitative estimate of drug-likeness (QED) is 0.713. The molecule has 1 N–H and O–H groups in total. The Hall–Kier alpha value is -3.48. The molecule has 0 bridgehead atoms. The van der Waals surface area contributed by atoms with Crippen LogP contribution in [0.2, 0.25) is 0 Å². The highest BCUT2D eigenvalue weighted by Gasteiger charge is 2.16. The molecule has 7 nitrogen and oxygen atoms in total. The van der Waals surface area contributed by atoms with Crippen molar-refractivity contribution >= 4 is 22.6 Å². The van der Waals surface area contributed by atoms with Crippen molar-refractivity contribution in [3.63, 3.8) is 0 Å². The summed E-state index contributed by atoms with van der Waals surface area (Å²) in [6.45, 7) is 3.29. The molecule has 138 valence electrons. The molecule has 0 atom stereocenters. The lowest BCUT2D eigenvalue weighted by molar-refractivity contribution is 0.102. The summed E-state index contributed by atoms with van der Waals surface area (Å²) in [5.41, 5.74) is 0.444. The molecule has 0 fully saturated rings. The first-order valence-corrected chi connectivity index (χ1v) is 8.56. The highest BCUT2D eigenvalue weighted by Crippen LogP contribution is 2.33. The summed E-state index contributed by atoms with van der Waals surface area (Å²) in [5.74, 6) is 1.35. The minimum Gasteiger partial charge on any atom is -0.494 e. The standard InChI is InChI=1S/C20H17NO6/c1-2-24-13-4-5-14-15(11-19(22)27-17(14)10-13)20(23)21-12-3-6-16-18(9-12)26-8-7-25-16/h3-6,9-11H,2,7-8H2,1H3,(H,21,23). The molecular weight excluding hydrogens is 350 g/mol. The number of hydrogen-bond acceptors (Lipinski definition) is 6. The SMILES string of the molecule is CCOc1ccc2c(C(=O)Nc3ccc4c(c3)OCCO4)cc(=O)oc2c1. The molecule has 4 rings (SSSR count). The maximum Gasteiger partial charge on any atom is 0.337 e. The van der Waals surface area contributed by atoms with Crippen LogP contribution in [0.5, 0.6) is 17.2 Å². The van der Waals surface area contributed by atoms with Crippen LogP contribution in [0.4, 0.5) is 5.69 Å². The Morgan fingerprint density at radius 2 is 1.89 bits per heavy atom. The van der Waals surface area contributed by atoms with Crippen LogP contribution in [0.1, 0.15) is 17.3 Å². The summed E-state index contributed by atoms with van der Waals surface area (Å²) in [5, 5.41) is 3.30. The fraction of sp³-hybridized carbons (Fsp3) is 0.200. The average molecular weight is 367 g/mol. The van der Waals surface area contributed by atoms with E-state index >= 15 is 0 Å². The molecule has 7 heteroatoms. The normalized spacial score (nSPS) is 12.6. The van der Waals surface area contributed by atoms with E-state index in [0.29, 0.717) is 53.7 Å². The number of ether oxygens (including phenoxy) is 3. The van der Waals surface area contributed by atoms with Gasteiger partial charge in [-0.2, -0.15) is 0 Å². The van der Waals surface area contributed by atoms with E-state index in [1.165, 1.54) is 6.07 Å². The van der Waals surface area contributed by atoms with Crippen LogP contribution in [0.15, 0.2) is 51.7 Å². The molecular formula is C20H17NO6. The van der Waals surface area contributed by atoms with E-state index in [4.69, 9.17) is 18.6 Å². The zero-order valence-electron chi connectivity index (χ0n) is 14.6. The highest BCUT2D eigenvalue weighted by molar-refractivity contribution is 6.12. The molecule has 0 unspecified atom stereocenters. The maximum atomic E-state index is 12.8. The van der Waals surface area contributed by atoms with Crippen LogP contribution in [-0.4, -0.2) is 25.7 Å². The number of rotatable bonds is 4. The van der Waals surface area contributed by atoms with Gasteiger partial charge >= 0.3 is 5.63 Å². The summed E-state index contributed by atoms with van der Waals surface area (Å²) in [4.78, 5) is 24.7. The minimum absolute atomic E-state index is 0.221. The van der Waals surface area contributed by atoms with Gasteiger partial charge in [0.05, 0.1) is 12.2 Å². The van der Waals surface area contributed by atoms with E-state index in [0.717, 1.165) is 0 Å². The van der Waals surface area contributed by atoms with Crippen molar-refractivity contribution in [2.75, 3.05) is 25.1 Å². The fourth-order valence-electron chi connectivity index (χ4n) is 2.91. The van der Waals surface area contributed by atoms with Crippen LogP contribution in [-0.2, 0) is 0 Å². The van der Waals surface area contributed by atoms with Gasteiger partial charge in [-0.1, -0.05) is 0 Å². The third kappa shape index (κ3) is 3.44. The predicted molar refractivity (Wildman–Crippen MR) is 99.0 cm³/mol. The fourth-order valence-corrected chi connectivity index (χ4v) is 2.91. The highest BCUT2D eigenvalue weighted by atomic mass is 16.6. The van der Waals surface area contributed by atoms with Gasteiger partial charge in [0.1, 0.15) is 24.5 Å². The van der Waals surface area contributed by atoms with Gasteiger partial charge in [-0.15, -0.1) is 0 Å². The Morgan fingerprint density at radius 1 is 1.07 bits per heavy atom. The molecule has 0 saturated heterocycles. The number of carbonyl (C=O) groups is 1. The minimum atomic E-state index is -0.608. The number of anilines is 1. The molecule has 27 heavy (non-hydrogen) atoms. The molecule has 0 saturated carbocycles. The van der Waals surface area contributed by atoms with Crippen LogP contribution >= 0.6 is 0 Å². The summed E-state index contributed by atoms with van der Waals surface area (Å²) in [6, 6.07) is 11.3. The van der Waals surface area contributed by atoms with Gasteiger partial charge in [-0.3, -0.25) is 4.79 Å². The molecule has 1 aliphatic heterocycles. The van der Waals surface area contributed by atoms with Crippen molar-refractivity contribution in [2.24, 2.45) is 0 Å². The lowest BCUT2D eigenvalue weighted by Gasteiger charge is -2.19. The molecule has 0 aliphatic carbocycles. The smallest absolute Gasteiger partial charge is 0.337 e. The number of benzene rings is 2. The first-order chi connectivity index (χ1) is 13.1. The average Bonchev–Trinajstić information content (AvgIpc) is 2.67. The molecule has 1 amide bonds. The van der Waals surface area contributed by atoms with E-state index in [1.54, 1.807) is 36.4 Å². The van der Waals surface area contributed by atoms with Gasteiger partial charge in [-0.25, -0.2) is 4.79 Å². The zero-order valence-corrected chi connectivity index (χ0v) is 14.6. The van der Waals surface area contributed by atoms with Gasteiger partial charge in [-0.05, 0) is 31.2 Å². The first-order valence-electron chi connectivity index (χ1n) is 8.56. The summed E-state index contributed by atoms with van der Waals surface area (Å²) in [7, 11) is 0. The first kappa shape index (κ1) is 17.0. The Kier molecular flexibility index (Phi) is 4.42. The summed E-state index contributed by atoms with van der Waals surface area (Å²) in [6.07, 6.45) is 0. The lowest BCUT2D eigenvalue weighted by Crippen LogP contribution is -2.17. The zero-order chi connectivity index (χ0) is 18.8. The molecule has 3 aromatic rings. The predicted octanol–water partition coefficient (Wildman–Crippen LogP) is 3.22. The van der Waals surface area contributed by atoms with Gasteiger partial charge < -0.3 is 23.9 Å². The van der Waals surface area contributed by atoms with E-state index in [9.17, 15) is 9.59 Å². The van der Waals surface area contributed by atoms with Crippen LogP contribution in [0.25, 0.3) is 11.0 Å². The summed E-state index contributed by atoms with van der Waals surface area (Å²) >= 11 is 0. The molecule has 1 aromatic heterocycles. The van der Waals surface area contributed by atoms with Gasteiger partial charge in [0.2, 0.25) is 0 Å². The molecule has 2 heterocycles. The van der Waals surface area contributed by atoms with Crippen molar-refractivity contribution in [3.8, 4) is 17.2 Å². The third-order valence-electron chi connectivity index (χ3n) is 4.07. The molecule has 0 radical (unpaired) electrons. The van der Waals surface area contributed by atoms with Crippen molar-refractivity contribution in [1.29, 1.82) is 0 Å². The second kappa shape index (κ2) is 7.03. The largest absolute Gasteiger partial charge is 0.494 e. The van der Waals surface area contributed by atoms with E-state index in [1.807, 2.05) is 6.92 Å². The second-order valence-corrected chi connectivity index (χ2v) is 5.88. The van der Waals surface area contributed by atoms with Crippen molar-refractivity contribution < 1.29 is 23.4 Å². The van der Waals surface area contributed by atoms with Gasteiger partial charge in [0.25, 0.3) is 5.91 Å². The Labute approximate surface area is 154 Å². The van der Waals surface area contributed by atoms with E-state index in [2.05, 4.69) is 5.32 Å². The topological polar surface area (TPSA) is 87.0 Å². The van der Waals surface area contributed by atoms with Crippen LogP contribution < -0.4 is 25.2 Å². The van der Waals surface area contributed by atoms with Crippen LogP contribution in [0, 0.1) is 0 Å². The number of carbonyl (C=O) groups excluding carboxylic acids is 1. The molecule has 0 spiro atoms. The number of hydrogen-bond donors (Lipinski definition) is 1. The monoisotopic (exact) mass is 367 g/mol. The van der Waals surface area contributed by atoms with Crippen molar-refractivity contribution in [2.45, 2.75) is 6.92 Å². The number of nitrogens with one attached hydrogen (secondary N) is 1. The van der Waals surface area contributed by atoms with Gasteiger partial charge in [0, 0.05) is 29.3 Å². The second-order valence-electron chi connectivity index (χ2n) is 5.88.